The van der Waals surface area contributed by atoms with E-state index in [1.807, 2.05) is 44.2 Å². The van der Waals surface area contributed by atoms with Gasteiger partial charge in [0, 0.05) is 6.54 Å². The van der Waals surface area contributed by atoms with Gasteiger partial charge >= 0.3 is 0 Å². The monoisotopic (exact) mass is 288 g/mol. The summed E-state index contributed by atoms with van der Waals surface area (Å²) in [5.41, 5.74) is 7.66. The standard InChI is InChI=1S/C15H20N4O2/c1-10-11(2)21-14(18-10)9-17-8-13(15(16)19-20)12-6-4-3-5-7-12/h3-7,13,17,20H,8-9H2,1-2H3,(H2,16,19). The Kier molecular flexibility index (Phi) is 4.94. The van der Waals surface area contributed by atoms with Crippen molar-refractivity contribution in [2.24, 2.45) is 10.9 Å². The number of oxazole rings is 1. The Hall–Kier alpha value is -2.34. The molecular weight excluding hydrogens is 268 g/mol. The number of aromatic nitrogens is 1. The average Bonchev–Trinajstić information content (AvgIpc) is 2.82. The molecule has 4 N–H and O–H groups in total. The van der Waals surface area contributed by atoms with E-state index < -0.39 is 0 Å². The summed E-state index contributed by atoms with van der Waals surface area (Å²) in [5, 5.41) is 15.3. The number of amidine groups is 1. The van der Waals surface area contributed by atoms with E-state index in [-0.39, 0.29) is 11.8 Å². The number of nitrogens with zero attached hydrogens (tertiary/aromatic N) is 2. The summed E-state index contributed by atoms with van der Waals surface area (Å²) in [6.45, 7) is 4.82. The van der Waals surface area contributed by atoms with E-state index in [9.17, 15) is 0 Å². The molecule has 1 aromatic carbocycles. The van der Waals surface area contributed by atoms with Crippen molar-refractivity contribution in [2.75, 3.05) is 6.54 Å². The first-order valence-corrected chi connectivity index (χ1v) is 6.77. The highest BCUT2D eigenvalue weighted by Crippen LogP contribution is 2.15. The average molecular weight is 288 g/mol. The molecule has 0 bridgehead atoms. The second kappa shape index (κ2) is 6.90. The van der Waals surface area contributed by atoms with Crippen LogP contribution >= 0.6 is 0 Å². The van der Waals surface area contributed by atoms with Crippen molar-refractivity contribution in [1.82, 2.24) is 10.3 Å². The quantitative estimate of drug-likeness (QED) is 0.326. The van der Waals surface area contributed by atoms with Crippen LogP contribution in [0.5, 0.6) is 0 Å². The number of oxime groups is 1. The van der Waals surface area contributed by atoms with Crippen LogP contribution in [0.15, 0.2) is 39.9 Å². The molecule has 6 nitrogen and oxygen atoms in total. The lowest BCUT2D eigenvalue weighted by molar-refractivity contribution is 0.315. The first-order chi connectivity index (χ1) is 10.1. The lowest BCUT2D eigenvalue weighted by atomic mass is 9.98. The Morgan fingerprint density at radius 2 is 2.10 bits per heavy atom. The Balaban J connectivity index is 2.00. The molecule has 2 rings (SSSR count). The fraction of sp³-hybridized carbons (Fsp3) is 0.333. The molecule has 0 amide bonds. The van der Waals surface area contributed by atoms with Gasteiger partial charge in [-0.3, -0.25) is 0 Å². The summed E-state index contributed by atoms with van der Waals surface area (Å²) >= 11 is 0. The van der Waals surface area contributed by atoms with Crippen LogP contribution in [0.2, 0.25) is 0 Å². The maximum Gasteiger partial charge on any atom is 0.208 e. The van der Waals surface area contributed by atoms with Gasteiger partial charge in [0.05, 0.1) is 18.2 Å². The molecule has 0 spiro atoms. The minimum absolute atomic E-state index is 0.175. The minimum Gasteiger partial charge on any atom is -0.444 e. The van der Waals surface area contributed by atoms with Crippen LogP contribution in [-0.4, -0.2) is 22.6 Å². The Bertz CT molecular complexity index is 588. The lowest BCUT2D eigenvalue weighted by Crippen LogP contribution is -2.31. The van der Waals surface area contributed by atoms with Crippen molar-refractivity contribution in [2.45, 2.75) is 26.3 Å². The summed E-state index contributed by atoms with van der Waals surface area (Å²) in [6.07, 6.45) is 0. The molecule has 0 aliphatic rings. The van der Waals surface area contributed by atoms with E-state index in [1.165, 1.54) is 0 Å². The zero-order chi connectivity index (χ0) is 15.2. The van der Waals surface area contributed by atoms with Gasteiger partial charge in [-0.2, -0.15) is 0 Å². The van der Waals surface area contributed by atoms with Crippen molar-refractivity contribution >= 4 is 5.84 Å². The molecule has 1 atom stereocenters. The zero-order valence-electron chi connectivity index (χ0n) is 12.2. The van der Waals surface area contributed by atoms with Crippen LogP contribution in [0.25, 0.3) is 0 Å². The van der Waals surface area contributed by atoms with Gasteiger partial charge in [0.2, 0.25) is 5.89 Å². The van der Waals surface area contributed by atoms with Crippen LogP contribution in [0.3, 0.4) is 0 Å². The third-order valence-corrected chi connectivity index (χ3v) is 3.37. The van der Waals surface area contributed by atoms with Gasteiger partial charge < -0.3 is 20.7 Å². The van der Waals surface area contributed by atoms with E-state index in [0.717, 1.165) is 17.0 Å². The summed E-state index contributed by atoms with van der Waals surface area (Å²) in [5.74, 6) is 1.43. The molecule has 0 aliphatic heterocycles. The van der Waals surface area contributed by atoms with Crippen LogP contribution in [0, 0.1) is 13.8 Å². The number of aryl methyl sites for hydroxylation is 2. The van der Waals surface area contributed by atoms with Crippen molar-refractivity contribution in [1.29, 1.82) is 0 Å². The molecule has 6 heteroatoms. The Morgan fingerprint density at radius 1 is 1.38 bits per heavy atom. The zero-order valence-corrected chi connectivity index (χ0v) is 12.2. The van der Waals surface area contributed by atoms with Crippen LogP contribution < -0.4 is 11.1 Å². The smallest absolute Gasteiger partial charge is 0.208 e. The molecule has 0 saturated carbocycles. The summed E-state index contributed by atoms with van der Waals surface area (Å²) in [4.78, 5) is 4.30. The van der Waals surface area contributed by atoms with Gasteiger partial charge in [0.15, 0.2) is 0 Å². The molecular formula is C15H20N4O2. The molecule has 0 radical (unpaired) electrons. The SMILES string of the molecule is Cc1nc(CNCC(/C(N)=N/O)c2ccccc2)oc1C. The van der Waals surface area contributed by atoms with E-state index in [2.05, 4.69) is 15.5 Å². The third-order valence-electron chi connectivity index (χ3n) is 3.37. The van der Waals surface area contributed by atoms with Crippen molar-refractivity contribution in [3.63, 3.8) is 0 Å². The maximum absolute atomic E-state index is 8.93. The van der Waals surface area contributed by atoms with Crippen molar-refractivity contribution < 1.29 is 9.62 Å². The van der Waals surface area contributed by atoms with Gasteiger partial charge in [-0.25, -0.2) is 4.98 Å². The topological polar surface area (TPSA) is 96.7 Å². The number of rotatable bonds is 6. The molecule has 2 aromatic rings. The second-order valence-corrected chi connectivity index (χ2v) is 4.87. The second-order valence-electron chi connectivity index (χ2n) is 4.87. The van der Waals surface area contributed by atoms with Crippen molar-refractivity contribution in [3.8, 4) is 0 Å². The van der Waals surface area contributed by atoms with Gasteiger partial charge in [0.25, 0.3) is 0 Å². The minimum atomic E-state index is -0.201. The van der Waals surface area contributed by atoms with E-state index in [1.54, 1.807) is 0 Å². The molecule has 1 unspecified atom stereocenters. The van der Waals surface area contributed by atoms with Gasteiger partial charge in [-0.05, 0) is 19.4 Å². The lowest BCUT2D eigenvalue weighted by Gasteiger charge is -2.16. The van der Waals surface area contributed by atoms with Crippen LogP contribution in [0.1, 0.15) is 28.8 Å². The van der Waals surface area contributed by atoms with E-state index >= 15 is 0 Å². The molecule has 0 saturated heterocycles. The summed E-state index contributed by atoms with van der Waals surface area (Å²) < 4.78 is 5.50. The van der Waals surface area contributed by atoms with Crippen LogP contribution in [0.4, 0.5) is 0 Å². The number of nitrogens with two attached hydrogens (primary N) is 1. The highest BCUT2D eigenvalue weighted by molar-refractivity contribution is 5.87. The first kappa shape index (κ1) is 15.1. The number of nitrogens with one attached hydrogen (secondary N) is 1. The number of benzene rings is 1. The largest absolute Gasteiger partial charge is 0.444 e. The Morgan fingerprint density at radius 3 is 2.67 bits per heavy atom. The maximum atomic E-state index is 8.93. The highest BCUT2D eigenvalue weighted by Gasteiger charge is 2.16. The number of hydrogen-bond acceptors (Lipinski definition) is 5. The van der Waals surface area contributed by atoms with Crippen molar-refractivity contribution in [3.05, 3.63) is 53.2 Å². The molecule has 1 aromatic heterocycles. The summed E-state index contributed by atoms with van der Waals surface area (Å²) in [6, 6.07) is 9.67. The van der Waals surface area contributed by atoms with E-state index in [0.29, 0.717) is 19.0 Å². The van der Waals surface area contributed by atoms with Gasteiger partial charge in [-0.15, -0.1) is 0 Å². The third kappa shape index (κ3) is 3.82. The fourth-order valence-electron chi connectivity index (χ4n) is 2.09. The molecule has 0 aliphatic carbocycles. The van der Waals surface area contributed by atoms with Gasteiger partial charge in [-0.1, -0.05) is 35.5 Å². The Labute approximate surface area is 123 Å². The first-order valence-electron chi connectivity index (χ1n) is 6.77. The summed E-state index contributed by atoms with van der Waals surface area (Å²) in [7, 11) is 0. The highest BCUT2D eigenvalue weighted by atomic mass is 16.4. The van der Waals surface area contributed by atoms with E-state index in [4.69, 9.17) is 15.4 Å². The fourth-order valence-corrected chi connectivity index (χ4v) is 2.09. The predicted molar refractivity (Wildman–Crippen MR) is 80.3 cm³/mol. The van der Waals surface area contributed by atoms with Gasteiger partial charge in [0.1, 0.15) is 11.6 Å². The molecule has 112 valence electrons. The normalized spacial score (nSPS) is 13.3. The molecule has 1 heterocycles. The predicted octanol–water partition coefficient (Wildman–Crippen LogP) is 1.91. The molecule has 0 fully saturated rings. The molecule has 21 heavy (non-hydrogen) atoms. The van der Waals surface area contributed by atoms with Crippen LogP contribution in [-0.2, 0) is 6.54 Å². The number of hydrogen-bond donors (Lipinski definition) is 3.